The number of likely N-dealkylation sites (tertiary alicyclic amines) is 1. The summed E-state index contributed by atoms with van der Waals surface area (Å²) in [5.41, 5.74) is 1.49. The number of carbonyl (C=O) groups is 1. The first kappa shape index (κ1) is 17.7. The van der Waals surface area contributed by atoms with E-state index in [1.54, 1.807) is 37.8 Å². The van der Waals surface area contributed by atoms with Gasteiger partial charge in [-0.15, -0.1) is 0 Å². The summed E-state index contributed by atoms with van der Waals surface area (Å²) >= 11 is 0. The average Bonchev–Trinajstić information content (AvgIpc) is 2.49. The number of aryl methyl sites for hydroxylation is 2. The minimum Gasteiger partial charge on any atom is -0.434 e. The van der Waals surface area contributed by atoms with Crippen LogP contribution in [0.5, 0.6) is 5.75 Å². The highest BCUT2D eigenvalue weighted by molar-refractivity contribution is 5.95. The van der Waals surface area contributed by atoms with Crippen LogP contribution in [0.2, 0.25) is 0 Å². The van der Waals surface area contributed by atoms with Gasteiger partial charge in [0.05, 0.1) is 6.10 Å². The van der Waals surface area contributed by atoms with Crippen molar-refractivity contribution in [2.75, 3.05) is 13.1 Å². The van der Waals surface area contributed by atoms with Gasteiger partial charge in [0.15, 0.2) is 0 Å². The molecule has 0 saturated carbocycles. The average molecular weight is 327 g/mol. The Kier molecular flexibility index (Phi) is 5.57. The molecule has 1 aromatic rings. The number of nitrogens with zero attached hydrogens (tertiary/aromatic N) is 1. The van der Waals surface area contributed by atoms with Gasteiger partial charge in [0.1, 0.15) is 5.75 Å². The maximum absolute atomic E-state index is 12.7. The molecule has 1 N–H and O–H groups in total. The number of hydrogen-bond acceptors (Lipinski definition) is 3. The van der Waals surface area contributed by atoms with Crippen LogP contribution in [0.3, 0.4) is 0 Å². The highest BCUT2D eigenvalue weighted by Gasteiger charge is 2.27. The monoisotopic (exact) mass is 327 g/mol. The number of aliphatic hydroxyl groups is 1. The zero-order valence-electron chi connectivity index (χ0n) is 13.7. The lowest BCUT2D eigenvalue weighted by molar-refractivity contribution is -0.0507. The van der Waals surface area contributed by atoms with Gasteiger partial charge in [-0.05, 0) is 56.9 Å². The van der Waals surface area contributed by atoms with E-state index < -0.39 is 12.7 Å². The zero-order chi connectivity index (χ0) is 17.1. The van der Waals surface area contributed by atoms with Crippen LogP contribution in [-0.2, 0) is 0 Å². The van der Waals surface area contributed by atoms with Crippen LogP contribution >= 0.6 is 0 Å². The number of amides is 1. The Labute approximate surface area is 135 Å². The van der Waals surface area contributed by atoms with Gasteiger partial charge in [0.2, 0.25) is 0 Å². The molecule has 0 aromatic heterocycles. The van der Waals surface area contributed by atoms with Gasteiger partial charge in [-0.3, -0.25) is 4.79 Å². The molecule has 1 amide bonds. The molecule has 1 aliphatic heterocycles. The molecule has 128 valence electrons. The fourth-order valence-corrected chi connectivity index (χ4v) is 3.12. The van der Waals surface area contributed by atoms with Crippen molar-refractivity contribution in [1.29, 1.82) is 0 Å². The van der Waals surface area contributed by atoms with Gasteiger partial charge in [-0.1, -0.05) is 0 Å². The zero-order valence-corrected chi connectivity index (χ0v) is 13.7. The Hall–Kier alpha value is -1.69. The van der Waals surface area contributed by atoms with Crippen LogP contribution in [0, 0.1) is 19.8 Å². The second-order valence-electron chi connectivity index (χ2n) is 6.21. The molecule has 2 rings (SSSR count). The molecule has 6 heteroatoms. The molecular formula is C17H23F2NO3. The number of hydrogen-bond donors (Lipinski definition) is 1. The molecule has 0 aliphatic carbocycles. The Morgan fingerprint density at radius 3 is 2.48 bits per heavy atom. The summed E-state index contributed by atoms with van der Waals surface area (Å²) in [5, 5.41) is 9.73. The van der Waals surface area contributed by atoms with Crippen LogP contribution in [0.4, 0.5) is 8.78 Å². The van der Waals surface area contributed by atoms with Crippen LogP contribution in [0.15, 0.2) is 12.1 Å². The molecule has 1 saturated heterocycles. The topological polar surface area (TPSA) is 49.8 Å². The van der Waals surface area contributed by atoms with E-state index in [0.717, 1.165) is 12.8 Å². The first-order valence-corrected chi connectivity index (χ1v) is 7.83. The number of halogens is 2. The molecule has 2 unspecified atom stereocenters. The summed E-state index contributed by atoms with van der Waals surface area (Å²) in [5.74, 6) is 0.0681. The van der Waals surface area contributed by atoms with Crippen LogP contribution < -0.4 is 4.74 Å². The quantitative estimate of drug-likeness (QED) is 0.924. The minimum atomic E-state index is -2.89. The number of piperidine rings is 1. The third-order valence-electron chi connectivity index (χ3n) is 4.34. The molecule has 2 atom stereocenters. The van der Waals surface area contributed by atoms with Crippen molar-refractivity contribution >= 4 is 5.91 Å². The van der Waals surface area contributed by atoms with Crippen molar-refractivity contribution in [2.24, 2.45) is 5.92 Å². The Morgan fingerprint density at radius 1 is 1.35 bits per heavy atom. The lowest BCUT2D eigenvalue weighted by Crippen LogP contribution is -2.43. The SMILES string of the molecule is Cc1cc(C(=O)N2CCCC(C(C)O)C2)cc(C)c1OC(F)F. The maximum atomic E-state index is 12.7. The van der Waals surface area contributed by atoms with E-state index in [1.165, 1.54) is 0 Å². The van der Waals surface area contributed by atoms with E-state index in [2.05, 4.69) is 4.74 Å². The summed E-state index contributed by atoms with van der Waals surface area (Å²) in [6, 6.07) is 3.16. The van der Waals surface area contributed by atoms with Gasteiger partial charge in [0, 0.05) is 24.6 Å². The first-order valence-electron chi connectivity index (χ1n) is 7.83. The van der Waals surface area contributed by atoms with Crippen LogP contribution in [0.25, 0.3) is 0 Å². The molecular weight excluding hydrogens is 304 g/mol. The fraction of sp³-hybridized carbons (Fsp3) is 0.588. The highest BCUT2D eigenvalue weighted by atomic mass is 19.3. The van der Waals surface area contributed by atoms with Crippen molar-refractivity contribution in [1.82, 2.24) is 4.90 Å². The van der Waals surface area contributed by atoms with E-state index in [0.29, 0.717) is 29.8 Å². The van der Waals surface area contributed by atoms with E-state index in [4.69, 9.17) is 0 Å². The highest BCUT2D eigenvalue weighted by Crippen LogP contribution is 2.28. The predicted molar refractivity (Wildman–Crippen MR) is 82.9 cm³/mol. The number of carbonyl (C=O) groups excluding carboxylic acids is 1. The van der Waals surface area contributed by atoms with Gasteiger partial charge < -0.3 is 14.7 Å². The molecule has 0 radical (unpaired) electrons. The van der Waals surface area contributed by atoms with Crippen molar-refractivity contribution in [3.63, 3.8) is 0 Å². The minimum absolute atomic E-state index is 0.0799. The molecule has 1 fully saturated rings. The summed E-state index contributed by atoms with van der Waals surface area (Å²) in [6.45, 7) is 3.32. The third kappa shape index (κ3) is 4.19. The molecule has 1 aliphatic rings. The maximum Gasteiger partial charge on any atom is 0.387 e. The number of alkyl halides is 2. The summed E-state index contributed by atoms with van der Waals surface area (Å²) in [6.07, 6.45) is 1.31. The van der Waals surface area contributed by atoms with Crippen LogP contribution in [-0.4, -0.2) is 41.7 Å². The van der Waals surface area contributed by atoms with Gasteiger partial charge >= 0.3 is 6.61 Å². The number of aliphatic hydroxyl groups excluding tert-OH is 1. The lowest BCUT2D eigenvalue weighted by Gasteiger charge is -2.34. The van der Waals surface area contributed by atoms with Crippen LogP contribution in [0.1, 0.15) is 41.3 Å². The fourth-order valence-electron chi connectivity index (χ4n) is 3.12. The lowest BCUT2D eigenvalue weighted by atomic mass is 9.93. The Morgan fingerprint density at radius 2 is 1.96 bits per heavy atom. The largest absolute Gasteiger partial charge is 0.434 e. The van der Waals surface area contributed by atoms with Gasteiger partial charge in [-0.25, -0.2) is 0 Å². The second kappa shape index (κ2) is 7.25. The molecule has 1 aromatic carbocycles. The summed E-state index contributed by atoms with van der Waals surface area (Å²) in [4.78, 5) is 14.4. The molecule has 0 spiro atoms. The number of ether oxygens (including phenoxy) is 1. The van der Waals surface area contributed by atoms with E-state index in [9.17, 15) is 18.7 Å². The molecule has 23 heavy (non-hydrogen) atoms. The Balaban J connectivity index is 2.19. The van der Waals surface area contributed by atoms with Gasteiger partial charge in [-0.2, -0.15) is 8.78 Å². The summed E-state index contributed by atoms with van der Waals surface area (Å²) < 4.78 is 29.4. The van der Waals surface area contributed by atoms with Crippen molar-refractivity contribution in [3.8, 4) is 5.75 Å². The second-order valence-corrected chi connectivity index (χ2v) is 6.21. The predicted octanol–water partition coefficient (Wildman–Crippen LogP) is 3.14. The van der Waals surface area contributed by atoms with E-state index >= 15 is 0 Å². The molecule has 1 heterocycles. The van der Waals surface area contributed by atoms with E-state index in [1.807, 2.05) is 0 Å². The van der Waals surface area contributed by atoms with E-state index in [-0.39, 0.29) is 17.6 Å². The molecule has 4 nitrogen and oxygen atoms in total. The normalized spacial score (nSPS) is 19.8. The number of benzene rings is 1. The van der Waals surface area contributed by atoms with Gasteiger partial charge in [0.25, 0.3) is 5.91 Å². The molecule has 0 bridgehead atoms. The Bertz CT molecular complexity index is 552. The third-order valence-corrected chi connectivity index (χ3v) is 4.34. The first-order chi connectivity index (χ1) is 10.8. The van der Waals surface area contributed by atoms with Crippen molar-refractivity contribution < 1.29 is 23.4 Å². The number of rotatable bonds is 4. The summed E-state index contributed by atoms with van der Waals surface area (Å²) in [7, 11) is 0. The standard InChI is InChI=1S/C17H23F2NO3/c1-10-7-14(8-11(2)15(10)23-17(18)19)16(22)20-6-4-5-13(9-20)12(3)21/h7-8,12-13,17,21H,4-6,9H2,1-3H3. The smallest absolute Gasteiger partial charge is 0.387 e. The van der Waals surface area contributed by atoms with Crippen molar-refractivity contribution in [3.05, 3.63) is 28.8 Å². The van der Waals surface area contributed by atoms with Crippen molar-refractivity contribution in [2.45, 2.75) is 46.3 Å².